The Kier molecular flexibility index (Phi) is 2.83. The highest BCUT2D eigenvalue weighted by Gasteiger charge is 1.97. The first-order chi connectivity index (χ1) is 7.36. The van der Waals surface area contributed by atoms with Gasteiger partial charge in [-0.1, -0.05) is 30.3 Å². The molecule has 0 bridgehead atoms. The van der Waals surface area contributed by atoms with E-state index in [2.05, 4.69) is 10.9 Å². The highest BCUT2D eigenvalue weighted by atomic mass is 19.1. The maximum atomic E-state index is 13.2. The van der Waals surface area contributed by atoms with Gasteiger partial charge in [0.2, 0.25) is 0 Å². The summed E-state index contributed by atoms with van der Waals surface area (Å²) in [7, 11) is 0. The summed E-state index contributed by atoms with van der Waals surface area (Å²) in [6, 6.07) is 16.0. The molecule has 0 spiro atoms. The first-order valence-corrected chi connectivity index (χ1v) is 4.68. The lowest BCUT2D eigenvalue weighted by molar-refractivity contribution is 0.631. The molecule has 15 heavy (non-hydrogen) atoms. The molecule has 0 aromatic heterocycles. The van der Waals surface area contributed by atoms with Crippen molar-refractivity contribution in [3.8, 4) is 0 Å². The van der Waals surface area contributed by atoms with Crippen molar-refractivity contribution in [2.24, 2.45) is 0 Å². The number of hydrogen-bond acceptors (Lipinski definition) is 2. The van der Waals surface area contributed by atoms with Crippen LogP contribution in [0.1, 0.15) is 0 Å². The Balaban J connectivity index is 2.03. The number of para-hydroxylation sites is 2. The van der Waals surface area contributed by atoms with Crippen LogP contribution >= 0.6 is 0 Å². The van der Waals surface area contributed by atoms with E-state index >= 15 is 0 Å². The lowest BCUT2D eigenvalue weighted by Gasteiger charge is -2.09. The second kappa shape index (κ2) is 4.46. The zero-order valence-electron chi connectivity index (χ0n) is 8.07. The smallest absolute Gasteiger partial charge is 0.148 e. The van der Waals surface area contributed by atoms with Gasteiger partial charge in [0.25, 0.3) is 0 Å². The van der Waals surface area contributed by atoms with Crippen molar-refractivity contribution in [3.05, 3.63) is 60.4 Å². The van der Waals surface area contributed by atoms with Crippen LogP contribution in [0.4, 0.5) is 15.8 Å². The average molecular weight is 202 g/mol. The van der Waals surface area contributed by atoms with Crippen molar-refractivity contribution in [1.82, 2.24) is 0 Å². The summed E-state index contributed by atoms with van der Waals surface area (Å²) >= 11 is 0. The first-order valence-electron chi connectivity index (χ1n) is 4.68. The molecule has 0 atom stereocenters. The molecule has 0 heterocycles. The SMILES string of the molecule is Fc1ccccc1NNc1ccccc1. The highest BCUT2D eigenvalue weighted by Crippen LogP contribution is 2.13. The Morgan fingerprint density at radius 1 is 0.733 bits per heavy atom. The van der Waals surface area contributed by atoms with Crippen molar-refractivity contribution in [2.75, 3.05) is 10.9 Å². The van der Waals surface area contributed by atoms with Crippen LogP contribution in [-0.2, 0) is 0 Å². The molecular weight excluding hydrogens is 191 g/mol. The van der Waals surface area contributed by atoms with E-state index in [9.17, 15) is 4.39 Å². The van der Waals surface area contributed by atoms with E-state index in [1.54, 1.807) is 18.2 Å². The molecule has 0 saturated heterocycles. The maximum absolute atomic E-state index is 13.2. The molecule has 2 aromatic carbocycles. The largest absolute Gasteiger partial charge is 0.301 e. The predicted octanol–water partition coefficient (Wildman–Crippen LogP) is 3.26. The standard InChI is InChI=1S/C12H11FN2/c13-11-8-4-5-9-12(11)15-14-10-6-2-1-3-7-10/h1-9,14-15H. The average Bonchev–Trinajstić information content (AvgIpc) is 2.29. The molecule has 2 aromatic rings. The van der Waals surface area contributed by atoms with Gasteiger partial charge in [0.1, 0.15) is 5.82 Å². The molecule has 0 aliphatic carbocycles. The van der Waals surface area contributed by atoms with Crippen molar-refractivity contribution in [1.29, 1.82) is 0 Å². The fourth-order valence-corrected chi connectivity index (χ4v) is 1.22. The summed E-state index contributed by atoms with van der Waals surface area (Å²) in [5.74, 6) is -0.277. The van der Waals surface area contributed by atoms with Gasteiger partial charge in [0.15, 0.2) is 0 Å². The van der Waals surface area contributed by atoms with Crippen molar-refractivity contribution >= 4 is 11.4 Å². The lowest BCUT2D eigenvalue weighted by atomic mass is 10.3. The van der Waals surface area contributed by atoms with Crippen LogP contribution in [0, 0.1) is 5.82 Å². The summed E-state index contributed by atoms with van der Waals surface area (Å²) in [4.78, 5) is 0. The minimum atomic E-state index is -0.277. The molecule has 76 valence electrons. The van der Waals surface area contributed by atoms with E-state index in [1.807, 2.05) is 30.3 Å². The second-order valence-electron chi connectivity index (χ2n) is 3.10. The molecule has 0 aliphatic rings. The number of nitrogens with one attached hydrogen (secondary N) is 2. The van der Waals surface area contributed by atoms with E-state index in [1.165, 1.54) is 6.07 Å². The monoisotopic (exact) mass is 202 g/mol. The summed E-state index contributed by atoms with van der Waals surface area (Å²) in [5.41, 5.74) is 7.04. The Hall–Kier alpha value is -2.03. The fraction of sp³-hybridized carbons (Fsp3) is 0. The molecule has 0 fully saturated rings. The molecule has 2 N–H and O–H groups in total. The van der Waals surface area contributed by atoms with Crippen molar-refractivity contribution < 1.29 is 4.39 Å². The Bertz CT molecular complexity index is 429. The number of rotatable bonds is 3. The molecule has 0 amide bonds. The molecule has 3 heteroatoms. The summed E-state index contributed by atoms with van der Waals surface area (Å²) in [5, 5.41) is 0. The van der Waals surface area contributed by atoms with E-state index in [-0.39, 0.29) is 5.82 Å². The van der Waals surface area contributed by atoms with Crippen LogP contribution in [-0.4, -0.2) is 0 Å². The molecular formula is C12H11FN2. The van der Waals surface area contributed by atoms with Gasteiger partial charge >= 0.3 is 0 Å². The van der Waals surface area contributed by atoms with Crippen LogP contribution in [0.25, 0.3) is 0 Å². The van der Waals surface area contributed by atoms with E-state index in [0.29, 0.717) is 5.69 Å². The van der Waals surface area contributed by atoms with Gasteiger partial charge in [-0.05, 0) is 24.3 Å². The van der Waals surface area contributed by atoms with Gasteiger partial charge in [-0.25, -0.2) is 4.39 Å². The predicted molar refractivity (Wildman–Crippen MR) is 60.1 cm³/mol. The first kappa shape index (κ1) is 9.52. The maximum Gasteiger partial charge on any atom is 0.148 e. The lowest BCUT2D eigenvalue weighted by Crippen LogP contribution is -2.09. The minimum absolute atomic E-state index is 0.277. The van der Waals surface area contributed by atoms with Gasteiger partial charge in [0, 0.05) is 0 Å². The Morgan fingerprint density at radius 2 is 1.40 bits per heavy atom. The van der Waals surface area contributed by atoms with E-state index in [0.717, 1.165) is 5.69 Å². The molecule has 0 radical (unpaired) electrons. The molecule has 2 rings (SSSR count). The van der Waals surface area contributed by atoms with E-state index in [4.69, 9.17) is 0 Å². The van der Waals surface area contributed by atoms with Crippen LogP contribution in [0.2, 0.25) is 0 Å². The van der Waals surface area contributed by atoms with Crippen LogP contribution < -0.4 is 10.9 Å². The van der Waals surface area contributed by atoms with Crippen LogP contribution in [0.15, 0.2) is 54.6 Å². The second-order valence-corrected chi connectivity index (χ2v) is 3.10. The molecule has 0 aliphatic heterocycles. The molecule has 2 nitrogen and oxygen atoms in total. The van der Waals surface area contributed by atoms with Crippen molar-refractivity contribution in [2.45, 2.75) is 0 Å². The third-order valence-electron chi connectivity index (χ3n) is 1.99. The molecule has 0 unspecified atom stereocenters. The topological polar surface area (TPSA) is 24.1 Å². The van der Waals surface area contributed by atoms with Gasteiger partial charge in [-0.2, -0.15) is 0 Å². The summed E-state index contributed by atoms with van der Waals surface area (Å²) < 4.78 is 13.2. The number of anilines is 2. The minimum Gasteiger partial charge on any atom is -0.301 e. The Morgan fingerprint density at radius 3 is 2.13 bits per heavy atom. The van der Waals surface area contributed by atoms with Gasteiger partial charge < -0.3 is 5.43 Å². The zero-order chi connectivity index (χ0) is 10.5. The molecule has 0 saturated carbocycles. The Labute approximate surface area is 87.7 Å². The zero-order valence-corrected chi connectivity index (χ0v) is 8.07. The number of halogens is 1. The van der Waals surface area contributed by atoms with E-state index < -0.39 is 0 Å². The quantitative estimate of drug-likeness (QED) is 0.746. The summed E-state index contributed by atoms with van der Waals surface area (Å²) in [6.07, 6.45) is 0. The van der Waals surface area contributed by atoms with Gasteiger partial charge in [0.05, 0.1) is 11.4 Å². The van der Waals surface area contributed by atoms with Gasteiger partial charge in [-0.3, -0.25) is 5.43 Å². The number of hydrogen-bond donors (Lipinski definition) is 2. The number of benzene rings is 2. The fourth-order valence-electron chi connectivity index (χ4n) is 1.22. The normalized spacial score (nSPS) is 9.67. The third kappa shape index (κ3) is 2.47. The van der Waals surface area contributed by atoms with Crippen molar-refractivity contribution in [3.63, 3.8) is 0 Å². The third-order valence-corrected chi connectivity index (χ3v) is 1.99. The van der Waals surface area contributed by atoms with Crippen LogP contribution in [0.5, 0.6) is 0 Å². The highest BCUT2D eigenvalue weighted by molar-refractivity contribution is 5.52. The number of hydrazine groups is 1. The van der Waals surface area contributed by atoms with Gasteiger partial charge in [-0.15, -0.1) is 0 Å². The van der Waals surface area contributed by atoms with Crippen LogP contribution in [0.3, 0.4) is 0 Å². The summed E-state index contributed by atoms with van der Waals surface area (Å²) in [6.45, 7) is 0.